The van der Waals surface area contributed by atoms with E-state index < -0.39 is 0 Å². The van der Waals surface area contributed by atoms with Crippen LogP contribution in [0.3, 0.4) is 0 Å². The van der Waals surface area contributed by atoms with E-state index in [0.717, 1.165) is 0 Å². The number of allylic oxidation sites excluding steroid dienone is 3. The number of hydrogen-bond acceptors (Lipinski definition) is 0. The molecule has 0 heterocycles. The van der Waals surface area contributed by atoms with Crippen LogP contribution in [0, 0.1) is 55.4 Å². The molecular formula is C43H40. The molecule has 0 unspecified atom stereocenters. The normalized spacial score (nSPS) is 15.2. The lowest BCUT2D eigenvalue weighted by Gasteiger charge is -2.38. The first kappa shape index (κ1) is 26.5. The van der Waals surface area contributed by atoms with E-state index in [1.165, 1.54) is 121 Å². The third-order valence-electron chi connectivity index (χ3n) is 12.1. The molecule has 6 aromatic rings. The standard InChI is InChI=1S/C43H40/c1-21-23(3)29(9)41-37(25(21)5)27(7)28(8)38-26(6)22(2)24(4)30(10)42(38)43(41)19-18-34-35-17-16-32-13-11-12-31-14-15-33(20-36(34)43)40(35)39(31)32/h11-20H,1-10H3. The van der Waals surface area contributed by atoms with E-state index in [-0.39, 0.29) is 5.41 Å². The zero-order valence-corrected chi connectivity index (χ0v) is 27.3. The molecule has 6 aromatic carbocycles. The van der Waals surface area contributed by atoms with Gasteiger partial charge in [0.1, 0.15) is 0 Å². The van der Waals surface area contributed by atoms with Gasteiger partial charge in [0.2, 0.25) is 0 Å². The maximum absolute atomic E-state index is 2.59. The molecule has 2 aliphatic rings. The van der Waals surface area contributed by atoms with Crippen LogP contribution in [-0.2, 0) is 5.41 Å². The Balaban J connectivity index is 1.66. The molecular weight excluding hydrogens is 516 g/mol. The first-order valence-electron chi connectivity index (χ1n) is 15.8. The van der Waals surface area contributed by atoms with Crippen LogP contribution < -0.4 is 0 Å². The van der Waals surface area contributed by atoms with Gasteiger partial charge >= 0.3 is 0 Å². The Bertz CT molecular complexity index is 2220. The summed E-state index contributed by atoms with van der Waals surface area (Å²) < 4.78 is 0. The van der Waals surface area contributed by atoms with Crippen LogP contribution in [-0.4, -0.2) is 0 Å². The molecule has 1 spiro atoms. The van der Waals surface area contributed by atoms with Crippen LogP contribution >= 0.6 is 0 Å². The van der Waals surface area contributed by atoms with Crippen molar-refractivity contribution in [1.29, 1.82) is 0 Å². The first-order valence-corrected chi connectivity index (χ1v) is 15.8. The van der Waals surface area contributed by atoms with Crippen LogP contribution in [0.25, 0.3) is 49.5 Å². The van der Waals surface area contributed by atoms with Crippen molar-refractivity contribution in [2.24, 2.45) is 0 Å². The van der Waals surface area contributed by atoms with Gasteiger partial charge in [0.25, 0.3) is 0 Å². The second kappa shape index (κ2) is 8.48. The summed E-state index contributed by atoms with van der Waals surface area (Å²) in [5.41, 5.74) is 22.5. The van der Waals surface area contributed by atoms with E-state index in [0.29, 0.717) is 0 Å². The lowest BCUT2D eigenvalue weighted by atomic mass is 9.63. The Hall–Kier alpha value is -4.16. The Morgan fingerprint density at radius 3 is 1.51 bits per heavy atom. The Labute approximate surface area is 256 Å². The number of hydrogen-bond donors (Lipinski definition) is 0. The van der Waals surface area contributed by atoms with Crippen molar-refractivity contribution >= 4 is 49.5 Å². The Morgan fingerprint density at radius 2 is 0.953 bits per heavy atom. The Morgan fingerprint density at radius 1 is 0.465 bits per heavy atom. The molecule has 0 radical (unpaired) electrons. The van der Waals surface area contributed by atoms with Gasteiger partial charge in [-0.25, -0.2) is 0 Å². The van der Waals surface area contributed by atoms with Gasteiger partial charge in [-0.15, -0.1) is 0 Å². The third kappa shape index (κ3) is 2.97. The lowest BCUT2D eigenvalue weighted by molar-refractivity contribution is 0.767. The van der Waals surface area contributed by atoms with Crippen molar-refractivity contribution in [1.82, 2.24) is 0 Å². The monoisotopic (exact) mass is 556 g/mol. The molecule has 43 heavy (non-hydrogen) atoms. The molecule has 0 aromatic heterocycles. The van der Waals surface area contributed by atoms with Crippen LogP contribution in [0.1, 0.15) is 91.7 Å². The molecule has 0 fully saturated rings. The van der Waals surface area contributed by atoms with Crippen molar-refractivity contribution in [3.63, 3.8) is 0 Å². The van der Waals surface area contributed by atoms with E-state index in [1.807, 2.05) is 0 Å². The summed E-state index contributed by atoms with van der Waals surface area (Å²) in [6, 6.07) is 18.7. The summed E-state index contributed by atoms with van der Waals surface area (Å²) in [4.78, 5) is 0. The zero-order chi connectivity index (χ0) is 30.3. The Kier molecular flexibility index (Phi) is 5.22. The van der Waals surface area contributed by atoms with Gasteiger partial charge in [0, 0.05) is 0 Å². The summed E-state index contributed by atoms with van der Waals surface area (Å²) in [7, 11) is 0. The molecule has 0 atom stereocenters. The molecule has 0 bridgehead atoms. The second-order valence-corrected chi connectivity index (χ2v) is 13.6. The molecule has 212 valence electrons. The van der Waals surface area contributed by atoms with E-state index in [1.54, 1.807) is 0 Å². The molecule has 8 rings (SSSR count). The molecule has 0 heteroatoms. The molecule has 0 saturated carbocycles. The van der Waals surface area contributed by atoms with Gasteiger partial charge in [-0.2, -0.15) is 0 Å². The zero-order valence-electron chi connectivity index (χ0n) is 27.3. The van der Waals surface area contributed by atoms with Crippen molar-refractivity contribution in [2.75, 3.05) is 0 Å². The van der Waals surface area contributed by atoms with Gasteiger partial charge < -0.3 is 0 Å². The van der Waals surface area contributed by atoms with E-state index >= 15 is 0 Å². The highest BCUT2D eigenvalue weighted by Gasteiger charge is 2.47. The first-order chi connectivity index (χ1) is 20.5. The lowest BCUT2D eigenvalue weighted by Crippen LogP contribution is -2.31. The van der Waals surface area contributed by atoms with Crippen molar-refractivity contribution in [3.05, 3.63) is 132 Å². The maximum Gasteiger partial charge on any atom is 0.0658 e. The highest BCUT2D eigenvalue weighted by Crippen LogP contribution is 2.59. The van der Waals surface area contributed by atoms with Crippen molar-refractivity contribution < 1.29 is 0 Å². The van der Waals surface area contributed by atoms with Crippen molar-refractivity contribution in [2.45, 2.75) is 74.7 Å². The van der Waals surface area contributed by atoms with Gasteiger partial charge in [-0.05, 0) is 197 Å². The fourth-order valence-electron chi connectivity index (χ4n) is 9.12. The van der Waals surface area contributed by atoms with Crippen LogP contribution in [0.5, 0.6) is 0 Å². The number of rotatable bonds is 0. The van der Waals surface area contributed by atoms with Crippen molar-refractivity contribution in [3.8, 4) is 0 Å². The molecule has 0 aliphatic heterocycles. The van der Waals surface area contributed by atoms with Gasteiger partial charge in [0.15, 0.2) is 0 Å². The summed E-state index contributed by atoms with van der Waals surface area (Å²) in [6.07, 6.45) is 5.06. The number of benzene rings is 6. The summed E-state index contributed by atoms with van der Waals surface area (Å²) >= 11 is 0. The molecule has 0 N–H and O–H groups in total. The average Bonchev–Trinajstić information content (AvgIpc) is 3.35. The molecule has 0 nitrogen and oxygen atoms in total. The van der Waals surface area contributed by atoms with Gasteiger partial charge in [-0.3, -0.25) is 0 Å². The average molecular weight is 557 g/mol. The van der Waals surface area contributed by atoms with Crippen LogP contribution in [0.4, 0.5) is 0 Å². The third-order valence-corrected chi connectivity index (χ3v) is 12.1. The molecule has 2 aliphatic carbocycles. The fourth-order valence-corrected chi connectivity index (χ4v) is 9.12. The smallest absolute Gasteiger partial charge is 0.0645 e. The highest BCUT2D eigenvalue weighted by atomic mass is 14.5. The maximum atomic E-state index is 2.59. The highest BCUT2D eigenvalue weighted by molar-refractivity contribution is 6.25. The largest absolute Gasteiger partial charge is 0.0658 e. The van der Waals surface area contributed by atoms with Crippen LogP contribution in [0.15, 0.2) is 54.6 Å². The van der Waals surface area contributed by atoms with Gasteiger partial charge in [-0.1, -0.05) is 54.6 Å². The predicted molar refractivity (Wildman–Crippen MR) is 188 cm³/mol. The van der Waals surface area contributed by atoms with E-state index in [9.17, 15) is 0 Å². The minimum Gasteiger partial charge on any atom is -0.0645 e. The van der Waals surface area contributed by atoms with E-state index in [2.05, 4.69) is 130 Å². The summed E-state index contributed by atoms with van der Waals surface area (Å²) in [6.45, 7) is 23.5. The van der Waals surface area contributed by atoms with E-state index in [4.69, 9.17) is 0 Å². The molecule has 0 amide bonds. The number of fused-ring (bicyclic) bond motifs is 7. The topological polar surface area (TPSA) is 0 Å². The predicted octanol–water partition coefficient (Wildman–Crippen LogP) is 11.7. The summed E-state index contributed by atoms with van der Waals surface area (Å²) in [5, 5.41) is 8.14. The van der Waals surface area contributed by atoms with Crippen LogP contribution in [0.2, 0.25) is 0 Å². The SMILES string of the molecule is CC1=C(C)c2c(C)c(C)c(C)c(C)c2C2(C=Cc3c2cc2ccc4cccc5ccc3c2c45)c2c(C)c(C)c(C)c(C)c21. The minimum absolute atomic E-state index is 0.385. The minimum atomic E-state index is -0.385. The fraction of sp³-hybridized carbons (Fsp3) is 0.256. The molecule has 0 saturated heterocycles. The summed E-state index contributed by atoms with van der Waals surface area (Å²) in [5.74, 6) is 0. The quantitative estimate of drug-likeness (QED) is 0.163. The second-order valence-electron chi connectivity index (χ2n) is 13.6. The van der Waals surface area contributed by atoms with Gasteiger partial charge in [0.05, 0.1) is 5.41 Å².